The molecule has 1 amide bonds. The predicted octanol–water partition coefficient (Wildman–Crippen LogP) is 1.49. The number of nitrogens with one attached hydrogen (secondary N) is 1. The number of aliphatic hydroxyl groups is 1. The van der Waals surface area contributed by atoms with E-state index in [1.54, 1.807) is 37.1 Å². The fraction of sp³-hybridized carbons (Fsp3) is 0.571. The molecule has 0 aliphatic carbocycles. The van der Waals surface area contributed by atoms with Crippen LogP contribution < -0.4 is 5.32 Å². The summed E-state index contributed by atoms with van der Waals surface area (Å²) in [5.41, 5.74) is 0.667. The molecule has 0 radical (unpaired) electrons. The molecule has 1 heterocycles. The van der Waals surface area contributed by atoms with E-state index in [0.717, 1.165) is 18.4 Å². The van der Waals surface area contributed by atoms with E-state index in [0.29, 0.717) is 5.56 Å². The summed E-state index contributed by atoms with van der Waals surface area (Å²) in [7, 11) is 1.79. The lowest BCUT2D eigenvalue weighted by Crippen LogP contribution is -2.37. The Morgan fingerprint density at radius 1 is 1.53 bits per heavy atom. The topological polar surface area (TPSA) is 67.2 Å². The van der Waals surface area contributed by atoms with Crippen LogP contribution in [0.2, 0.25) is 0 Å². The van der Waals surface area contributed by atoms with Crippen LogP contribution in [0.3, 0.4) is 0 Å². The van der Waals surface area contributed by atoms with Gasteiger partial charge in [-0.05, 0) is 19.8 Å². The van der Waals surface area contributed by atoms with Gasteiger partial charge >= 0.3 is 0 Å². The Morgan fingerprint density at radius 2 is 2.16 bits per heavy atom. The van der Waals surface area contributed by atoms with Crippen LogP contribution in [0.4, 0.5) is 0 Å². The van der Waals surface area contributed by atoms with Crippen LogP contribution in [-0.4, -0.2) is 27.3 Å². The standard InChI is InChI=1S/C14H23N3O2/c1-5-11(6-2)7-13(18)15-10-14(3,19)12-8-16-17(4)9-12/h7-9,19H,5-6,10H2,1-4H3,(H,15,18). The zero-order valence-corrected chi connectivity index (χ0v) is 12.1. The monoisotopic (exact) mass is 265 g/mol. The zero-order valence-electron chi connectivity index (χ0n) is 12.1. The number of rotatable bonds is 6. The summed E-state index contributed by atoms with van der Waals surface area (Å²) in [6, 6.07) is 0. The van der Waals surface area contributed by atoms with Gasteiger partial charge in [0.15, 0.2) is 0 Å². The highest BCUT2D eigenvalue weighted by atomic mass is 16.3. The minimum atomic E-state index is -1.11. The molecule has 0 spiro atoms. The zero-order chi connectivity index (χ0) is 14.5. The summed E-state index contributed by atoms with van der Waals surface area (Å²) in [4.78, 5) is 11.7. The number of aromatic nitrogens is 2. The van der Waals surface area contributed by atoms with Gasteiger partial charge in [0.1, 0.15) is 5.60 Å². The van der Waals surface area contributed by atoms with E-state index < -0.39 is 5.60 Å². The summed E-state index contributed by atoms with van der Waals surface area (Å²) >= 11 is 0. The minimum absolute atomic E-state index is 0.161. The van der Waals surface area contributed by atoms with Crippen molar-refractivity contribution in [1.82, 2.24) is 15.1 Å². The first kappa shape index (κ1) is 15.4. The number of nitrogens with zero attached hydrogens (tertiary/aromatic N) is 2. The van der Waals surface area contributed by atoms with Gasteiger partial charge in [0.2, 0.25) is 5.91 Å². The number of carbonyl (C=O) groups is 1. The molecule has 19 heavy (non-hydrogen) atoms. The van der Waals surface area contributed by atoms with E-state index >= 15 is 0 Å². The molecule has 1 rings (SSSR count). The summed E-state index contributed by atoms with van der Waals surface area (Å²) in [5, 5.41) is 17.1. The maximum atomic E-state index is 11.7. The Balaban J connectivity index is 2.61. The third kappa shape index (κ3) is 4.52. The van der Waals surface area contributed by atoms with Gasteiger partial charge in [-0.25, -0.2) is 0 Å². The molecule has 0 saturated carbocycles. The average Bonchev–Trinajstić information content (AvgIpc) is 2.81. The Kier molecular flexibility index (Phi) is 5.30. The molecule has 5 heteroatoms. The molecule has 1 unspecified atom stereocenters. The molecule has 1 aromatic rings. The Morgan fingerprint density at radius 3 is 2.63 bits per heavy atom. The molecule has 1 atom stereocenters. The fourth-order valence-corrected chi connectivity index (χ4v) is 1.75. The lowest BCUT2D eigenvalue weighted by Gasteiger charge is -2.21. The smallest absolute Gasteiger partial charge is 0.244 e. The van der Waals surface area contributed by atoms with E-state index in [4.69, 9.17) is 0 Å². The van der Waals surface area contributed by atoms with Crippen molar-refractivity contribution in [3.05, 3.63) is 29.6 Å². The van der Waals surface area contributed by atoms with Gasteiger partial charge in [0.05, 0.1) is 12.7 Å². The van der Waals surface area contributed by atoms with Crippen molar-refractivity contribution in [2.45, 2.75) is 39.2 Å². The molecule has 0 bridgehead atoms. The Hall–Kier alpha value is -1.62. The third-order valence-electron chi connectivity index (χ3n) is 3.18. The maximum Gasteiger partial charge on any atom is 0.244 e. The molecule has 0 aromatic carbocycles. The number of aryl methyl sites for hydroxylation is 1. The predicted molar refractivity (Wildman–Crippen MR) is 74.5 cm³/mol. The van der Waals surface area contributed by atoms with Gasteiger partial charge in [-0.15, -0.1) is 0 Å². The Bertz CT molecular complexity index is 455. The van der Waals surface area contributed by atoms with Gasteiger partial charge in [0, 0.05) is 24.9 Å². The lowest BCUT2D eigenvalue weighted by molar-refractivity contribution is -0.117. The second-order valence-electron chi connectivity index (χ2n) is 4.90. The van der Waals surface area contributed by atoms with Gasteiger partial charge in [0.25, 0.3) is 0 Å². The van der Waals surface area contributed by atoms with Crippen molar-refractivity contribution >= 4 is 5.91 Å². The highest BCUT2D eigenvalue weighted by Crippen LogP contribution is 2.18. The van der Waals surface area contributed by atoms with Crippen LogP contribution in [0.25, 0.3) is 0 Å². The van der Waals surface area contributed by atoms with Gasteiger partial charge in [-0.1, -0.05) is 19.4 Å². The largest absolute Gasteiger partial charge is 0.383 e. The van der Waals surface area contributed by atoms with Crippen LogP contribution in [0.1, 0.15) is 39.2 Å². The van der Waals surface area contributed by atoms with Crippen molar-refractivity contribution in [3.63, 3.8) is 0 Å². The van der Waals surface area contributed by atoms with Crippen molar-refractivity contribution in [1.29, 1.82) is 0 Å². The van der Waals surface area contributed by atoms with Crippen LogP contribution >= 0.6 is 0 Å². The highest BCUT2D eigenvalue weighted by molar-refractivity contribution is 5.88. The van der Waals surface area contributed by atoms with Crippen LogP contribution in [0.15, 0.2) is 24.0 Å². The number of carbonyl (C=O) groups excluding carboxylic acids is 1. The van der Waals surface area contributed by atoms with Crippen LogP contribution in [0.5, 0.6) is 0 Å². The molecule has 1 aromatic heterocycles. The Labute approximate surface area is 114 Å². The SMILES string of the molecule is CCC(=CC(=O)NCC(C)(O)c1cnn(C)c1)CC. The quantitative estimate of drug-likeness (QED) is 0.766. The van der Waals surface area contributed by atoms with Crippen LogP contribution in [-0.2, 0) is 17.4 Å². The third-order valence-corrected chi connectivity index (χ3v) is 3.18. The average molecular weight is 265 g/mol. The number of allylic oxidation sites excluding steroid dienone is 1. The van der Waals surface area contributed by atoms with Crippen molar-refractivity contribution < 1.29 is 9.90 Å². The second-order valence-corrected chi connectivity index (χ2v) is 4.90. The number of hydrogen-bond acceptors (Lipinski definition) is 3. The highest BCUT2D eigenvalue weighted by Gasteiger charge is 2.25. The van der Waals surface area contributed by atoms with Crippen LogP contribution in [0, 0.1) is 0 Å². The molecule has 0 aliphatic heterocycles. The summed E-state index contributed by atoms with van der Waals surface area (Å²) in [6.07, 6.45) is 6.68. The molecule has 2 N–H and O–H groups in total. The summed E-state index contributed by atoms with van der Waals surface area (Å²) < 4.78 is 1.62. The van der Waals surface area contributed by atoms with E-state index in [9.17, 15) is 9.90 Å². The molecule has 0 saturated heterocycles. The first-order valence-corrected chi connectivity index (χ1v) is 6.57. The van der Waals surface area contributed by atoms with E-state index in [1.165, 1.54) is 0 Å². The lowest BCUT2D eigenvalue weighted by atomic mass is 10.00. The van der Waals surface area contributed by atoms with Gasteiger partial charge in [-0.3, -0.25) is 9.48 Å². The molecule has 106 valence electrons. The summed E-state index contributed by atoms with van der Waals surface area (Å²) in [6.45, 7) is 5.87. The number of hydrogen-bond donors (Lipinski definition) is 2. The first-order valence-electron chi connectivity index (χ1n) is 6.57. The van der Waals surface area contributed by atoms with Gasteiger partial charge < -0.3 is 10.4 Å². The molecular formula is C14H23N3O2. The first-order chi connectivity index (χ1) is 8.89. The van der Waals surface area contributed by atoms with E-state index in [-0.39, 0.29) is 12.5 Å². The molecule has 0 aliphatic rings. The van der Waals surface area contributed by atoms with Crippen molar-refractivity contribution in [2.24, 2.45) is 7.05 Å². The summed E-state index contributed by atoms with van der Waals surface area (Å²) in [5.74, 6) is -0.164. The normalized spacial score (nSPS) is 13.7. The minimum Gasteiger partial charge on any atom is -0.383 e. The van der Waals surface area contributed by atoms with E-state index in [1.807, 2.05) is 13.8 Å². The fourth-order valence-electron chi connectivity index (χ4n) is 1.75. The van der Waals surface area contributed by atoms with E-state index in [2.05, 4.69) is 10.4 Å². The van der Waals surface area contributed by atoms with Crippen molar-refractivity contribution in [2.75, 3.05) is 6.54 Å². The molecular weight excluding hydrogens is 242 g/mol. The second kappa shape index (κ2) is 6.52. The molecule has 0 fully saturated rings. The van der Waals surface area contributed by atoms with Crippen molar-refractivity contribution in [3.8, 4) is 0 Å². The molecule has 5 nitrogen and oxygen atoms in total. The number of amides is 1. The van der Waals surface area contributed by atoms with Gasteiger partial charge in [-0.2, -0.15) is 5.10 Å². The maximum absolute atomic E-state index is 11.7.